The molecule has 86 valence electrons. The maximum absolute atomic E-state index is 6.29. The van der Waals surface area contributed by atoms with Crippen LogP contribution in [0.3, 0.4) is 0 Å². The van der Waals surface area contributed by atoms with Gasteiger partial charge in [-0.05, 0) is 53.6 Å². The second-order valence-corrected chi connectivity index (χ2v) is 6.81. The molecule has 3 heteroatoms. The Kier molecular flexibility index (Phi) is 2.83. The minimum Gasteiger partial charge on any atom is -0.369 e. The third-order valence-corrected chi connectivity index (χ3v) is 4.94. The molecule has 0 radical (unpaired) electrons. The molecule has 1 aromatic carbocycles. The normalized spacial score (nSPS) is 22.5. The van der Waals surface area contributed by atoms with Crippen LogP contribution in [-0.2, 0) is 0 Å². The summed E-state index contributed by atoms with van der Waals surface area (Å²) in [6.07, 6.45) is 5.69. The van der Waals surface area contributed by atoms with E-state index < -0.39 is 0 Å². The summed E-state index contributed by atoms with van der Waals surface area (Å²) in [6.45, 7) is 2.43. The molecule has 3 rings (SSSR count). The molecule has 1 saturated heterocycles. The molecule has 1 heterocycles. The first-order chi connectivity index (χ1) is 7.69. The fraction of sp³-hybridized carbons (Fsp3) is 0.538. The Labute approximate surface area is 115 Å². The predicted octanol–water partition coefficient (Wildman–Crippen LogP) is 4.33. The minimum atomic E-state index is 0.645. The largest absolute Gasteiger partial charge is 0.369 e. The van der Waals surface area contributed by atoms with Crippen molar-refractivity contribution in [3.8, 4) is 0 Å². The zero-order valence-corrected chi connectivity index (χ0v) is 12.1. The standard InChI is InChI=1S/C13H15ClIN/c14-11-7-10(15)3-4-12(11)16-8-13(9-16)5-1-2-6-13/h3-4,7H,1-2,5-6,8-9H2. The number of hydrogen-bond acceptors (Lipinski definition) is 1. The van der Waals surface area contributed by atoms with Crippen LogP contribution in [0.5, 0.6) is 0 Å². The van der Waals surface area contributed by atoms with Crippen LogP contribution in [0.15, 0.2) is 18.2 Å². The smallest absolute Gasteiger partial charge is 0.0650 e. The Morgan fingerprint density at radius 3 is 2.50 bits per heavy atom. The molecule has 0 unspecified atom stereocenters. The molecular formula is C13H15ClIN. The van der Waals surface area contributed by atoms with E-state index in [1.165, 1.54) is 48.0 Å². The zero-order valence-electron chi connectivity index (χ0n) is 9.18. The van der Waals surface area contributed by atoms with Gasteiger partial charge in [-0.2, -0.15) is 0 Å². The second kappa shape index (κ2) is 4.05. The Balaban J connectivity index is 1.76. The Bertz CT molecular complexity index is 404. The van der Waals surface area contributed by atoms with E-state index in [4.69, 9.17) is 11.6 Å². The molecule has 1 aliphatic heterocycles. The van der Waals surface area contributed by atoms with Crippen molar-refractivity contribution in [1.29, 1.82) is 0 Å². The number of benzene rings is 1. The summed E-state index contributed by atoms with van der Waals surface area (Å²) in [4.78, 5) is 2.43. The molecule has 1 aromatic rings. The van der Waals surface area contributed by atoms with E-state index in [1.54, 1.807) is 0 Å². The van der Waals surface area contributed by atoms with Gasteiger partial charge in [0.15, 0.2) is 0 Å². The number of halogens is 2. The topological polar surface area (TPSA) is 3.24 Å². The predicted molar refractivity (Wildman–Crippen MR) is 77.3 cm³/mol. The first-order valence-electron chi connectivity index (χ1n) is 5.89. The minimum absolute atomic E-state index is 0.645. The molecule has 0 atom stereocenters. The molecule has 0 amide bonds. The molecule has 1 spiro atoms. The van der Waals surface area contributed by atoms with Gasteiger partial charge in [0.1, 0.15) is 0 Å². The van der Waals surface area contributed by atoms with Gasteiger partial charge in [0.2, 0.25) is 0 Å². The lowest BCUT2D eigenvalue weighted by Crippen LogP contribution is -2.55. The fourth-order valence-electron chi connectivity index (χ4n) is 3.11. The van der Waals surface area contributed by atoms with Crippen LogP contribution in [0.25, 0.3) is 0 Å². The highest BCUT2D eigenvalue weighted by Gasteiger charge is 2.44. The summed E-state index contributed by atoms with van der Waals surface area (Å²) < 4.78 is 1.21. The average molecular weight is 348 g/mol. The van der Waals surface area contributed by atoms with Gasteiger partial charge >= 0.3 is 0 Å². The van der Waals surface area contributed by atoms with Gasteiger partial charge in [0.05, 0.1) is 10.7 Å². The summed E-state index contributed by atoms with van der Waals surface area (Å²) in [6, 6.07) is 6.35. The van der Waals surface area contributed by atoms with Crippen LogP contribution >= 0.6 is 34.2 Å². The second-order valence-electron chi connectivity index (χ2n) is 5.16. The number of rotatable bonds is 1. The molecular weight excluding hydrogens is 333 g/mol. The van der Waals surface area contributed by atoms with E-state index in [0.29, 0.717) is 5.41 Å². The molecule has 1 saturated carbocycles. The summed E-state index contributed by atoms with van der Waals surface area (Å²) in [5.41, 5.74) is 1.87. The number of nitrogens with zero attached hydrogens (tertiary/aromatic N) is 1. The summed E-state index contributed by atoms with van der Waals surface area (Å²) in [5, 5.41) is 0.903. The van der Waals surface area contributed by atoms with Gasteiger partial charge in [-0.1, -0.05) is 24.4 Å². The maximum Gasteiger partial charge on any atom is 0.0650 e. The Hall–Kier alpha value is 0.0400. The Morgan fingerprint density at radius 1 is 1.19 bits per heavy atom. The van der Waals surface area contributed by atoms with Gasteiger partial charge in [0, 0.05) is 22.1 Å². The molecule has 1 aliphatic carbocycles. The average Bonchev–Trinajstić information content (AvgIpc) is 2.65. The van der Waals surface area contributed by atoms with Crippen LogP contribution in [0.1, 0.15) is 25.7 Å². The van der Waals surface area contributed by atoms with Gasteiger partial charge in [-0.15, -0.1) is 0 Å². The van der Waals surface area contributed by atoms with Crippen molar-refractivity contribution < 1.29 is 0 Å². The van der Waals surface area contributed by atoms with Crippen molar-refractivity contribution >= 4 is 39.9 Å². The summed E-state index contributed by atoms with van der Waals surface area (Å²) in [7, 11) is 0. The summed E-state index contributed by atoms with van der Waals surface area (Å²) >= 11 is 8.59. The molecule has 2 fully saturated rings. The molecule has 16 heavy (non-hydrogen) atoms. The maximum atomic E-state index is 6.29. The van der Waals surface area contributed by atoms with E-state index in [0.717, 1.165) is 5.02 Å². The van der Waals surface area contributed by atoms with Crippen molar-refractivity contribution in [1.82, 2.24) is 0 Å². The van der Waals surface area contributed by atoms with Crippen molar-refractivity contribution in [2.45, 2.75) is 25.7 Å². The van der Waals surface area contributed by atoms with E-state index in [1.807, 2.05) is 0 Å². The molecule has 0 bridgehead atoms. The van der Waals surface area contributed by atoms with Gasteiger partial charge < -0.3 is 4.90 Å². The monoisotopic (exact) mass is 347 g/mol. The van der Waals surface area contributed by atoms with Crippen LogP contribution in [0.4, 0.5) is 5.69 Å². The number of hydrogen-bond donors (Lipinski definition) is 0. The van der Waals surface area contributed by atoms with Crippen LogP contribution in [0, 0.1) is 8.99 Å². The first kappa shape index (κ1) is 11.1. The van der Waals surface area contributed by atoms with Crippen molar-refractivity contribution in [2.24, 2.45) is 5.41 Å². The first-order valence-corrected chi connectivity index (χ1v) is 7.34. The van der Waals surface area contributed by atoms with Gasteiger partial charge in [0.25, 0.3) is 0 Å². The van der Waals surface area contributed by atoms with Crippen molar-refractivity contribution in [3.63, 3.8) is 0 Å². The molecule has 0 N–H and O–H groups in total. The number of anilines is 1. The summed E-state index contributed by atoms with van der Waals surface area (Å²) in [5.74, 6) is 0. The van der Waals surface area contributed by atoms with E-state index in [9.17, 15) is 0 Å². The van der Waals surface area contributed by atoms with Crippen molar-refractivity contribution in [3.05, 3.63) is 26.8 Å². The van der Waals surface area contributed by atoms with E-state index in [-0.39, 0.29) is 0 Å². The molecule has 2 aliphatic rings. The third-order valence-electron chi connectivity index (χ3n) is 3.97. The fourth-order valence-corrected chi connectivity index (χ4v) is 4.09. The van der Waals surface area contributed by atoms with E-state index >= 15 is 0 Å². The lowest BCUT2D eigenvalue weighted by Gasteiger charge is -2.50. The van der Waals surface area contributed by atoms with Crippen LogP contribution < -0.4 is 4.90 Å². The van der Waals surface area contributed by atoms with Gasteiger partial charge in [-0.25, -0.2) is 0 Å². The molecule has 0 aromatic heterocycles. The SMILES string of the molecule is Clc1cc(I)ccc1N1CC2(CCCC2)C1. The van der Waals surface area contributed by atoms with Crippen molar-refractivity contribution in [2.75, 3.05) is 18.0 Å². The van der Waals surface area contributed by atoms with Crippen LogP contribution in [-0.4, -0.2) is 13.1 Å². The quantitative estimate of drug-likeness (QED) is 0.684. The zero-order chi connectivity index (χ0) is 11.2. The Morgan fingerprint density at radius 2 is 1.88 bits per heavy atom. The third kappa shape index (κ3) is 1.84. The lowest BCUT2D eigenvalue weighted by atomic mass is 9.78. The highest BCUT2D eigenvalue weighted by molar-refractivity contribution is 14.1. The van der Waals surface area contributed by atoms with Crippen LogP contribution in [0.2, 0.25) is 5.02 Å². The van der Waals surface area contributed by atoms with E-state index in [2.05, 4.69) is 45.7 Å². The molecule has 1 nitrogen and oxygen atoms in total. The highest BCUT2D eigenvalue weighted by atomic mass is 127. The highest BCUT2D eigenvalue weighted by Crippen LogP contribution is 2.48. The lowest BCUT2D eigenvalue weighted by molar-refractivity contribution is 0.222. The van der Waals surface area contributed by atoms with Gasteiger partial charge in [-0.3, -0.25) is 0 Å².